The molecule has 0 atom stereocenters. The second-order valence-electron chi connectivity index (χ2n) is 5.03. The Hall–Kier alpha value is -2.11. The zero-order chi connectivity index (χ0) is 15.8. The highest BCUT2D eigenvalue weighted by Gasteiger charge is 2.20. The second-order valence-corrected chi connectivity index (χ2v) is 5.03. The van der Waals surface area contributed by atoms with Crippen LogP contribution < -0.4 is 5.73 Å². The quantitative estimate of drug-likeness (QED) is 0.452. The first-order chi connectivity index (χ1) is 10.0. The number of benzene rings is 1. The summed E-state index contributed by atoms with van der Waals surface area (Å²) < 4.78 is 0. The van der Waals surface area contributed by atoms with Crippen LogP contribution in [0.5, 0.6) is 0 Å². The number of unbranched alkanes of at least 4 members (excludes halogenated alkanes) is 2. The van der Waals surface area contributed by atoms with Crippen LogP contribution in [0.4, 0.5) is 11.4 Å². The number of hydrogen-bond donors (Lipinski definition) is 1. The van der Waals surface area contributed by atoms with Gasteiger partial charge in [-0.2, -0.15) is 0 Å². The summed E-state index contributed by atoms with van der Waals surface area (Å²) in [6, 6.07) is 4.00. The molecule has 116 valence electrons. The van der Waals surface area contributed by atoms with Crippen LogP contribution in [0.1, 0.15) is 49.9 Å². The summed E-state index contributed by atoms with van der Waals surface area (Å²) in [6.45, 7) is 5.42. The molecule has 0 aromatic heterocycles. The average molecular weight is 293 g/mol. The molecule has 0 unspecified atom stereocenters. The standard InChI is InChI=1S/C15H23N3O3/c1-3-5-9-17(10-6-4-2)15(19)13-11-12(18(20)21)7-8-14(13)16/h7-8,11H,3-6,9-10,16H2,1-2H3. The molecule has 0 saturated heterocycles. The van der Waals surface area contributed by atoms with E-state index in [4.69, 9.17) is 5.73 Å². The van der Waals surface area contributed by atoms with Gasteiger partial charge in [0.1, 0.15) is 0 Å². The summed E-state index contributed by atoms with van der Waals surface area (Å²) in [4.78, 5) is 24.6. The smallest absolute Gasteiger partial charge is 0.270 e. The van der Waals surface area contributed by atoms with Crippen molar-refractivity contribution in [2.24, 2.45) is 0 Å². The molecule has 0 aliphatic carbocycles. The van der Waals surface area contributed by atoms with E-state index >= 15 is 0 Å². The lowest BCUT2D eigenvalue weighted by Gasteiger charge is -2.23. The molecule has 0 heterocycles. The SMILES string of the molecule is CCCCN(CCCC)C(=O)c1cc([N+](=O)[O-])ccc1N. The van der Waals surface area contributed by atoms with Gasteiger partial charge in [0.15, 0.2) is 0 Å². The number of amides is 1. The first-order valence-electron chi connectivity index (χ1n) is 7.34. The first-order valence-corrected chi connectivity index (χ1v) is 7.34. The Bertz CT molecular complexity index is 495. The van der Waals surface area contributed by atoms with Crippen LogP contribution in [-0.4, -0.2) is 28.8 Å². The minimum absolute atomic E-state index is 0.113. The zero-order valence-corrected chi connectivity index (χ0v) is 12.7. The van der Waals surface area contributed by atoms with E-state index in [9.17, 15) is 14.9 Å². The number of hydrogen-bond acceptors (Lipinski definition) is 4. The molecule has 6 heteroatoms. The maximum Gasteiger partial charge on any atom is 0.270 e. The molecule has 0 radical (unpaired) electrons. The van der Waals surface area contributed by atoms with Crippen LogP contribution in [0.25, 0.3) is 0 Å². The first kappa shape index (κ1) is 16.9. The van der Waals surface area contributed by atoms with Crippen molar-refractivity contribution >= 4 is 17.3 Å². The fourth-order valence-corrected chi connectivity index (χ4v) is 2.03. The molecule has 0 bridgehead atoms. The topological polar surface area (TPSA) is 89.5 Å². The molecule has 0 saturated carbocycles. The van der Waals surface area contributed by atoms with E-state index in [1.54, 1.807) is 4.90 Å². The van der Waals surface area contributed by atoms with Gasteiger partial charge in [-0.1, -0.05) is 26.7 Å². The Kier molecular flexibility index (Phi) is 6.65. The second kappa shape index (κ2) is 8.24. The highest BCUT2D eigenvalue weighted by Crippen LogP contribution is 2.21. The molecule has 0 fully saturated rings. The maximum absolute atomic E-state index is 12.6. The fraction of sp³-hybridized carbons (Fsp3) is 0.533. The number of rotatable bonds is 8. The van der Waals surface area contributed by atoms with E-state index in [2.05, 4.69) is 13.8 Å². The van der Waals surface area contributed by atoms with Gasteiger partial charge in [-0.25, -0.2) is 0 Å². The molecule has 2 N–H and O–H groups in total. The summed E-state index contributed by atoms with van der Waals surface area (Å²) >= 11 is 0. The normalized spacial score (nSPS) is 10.4. The van der Waals surface area contributed by atoms with E-state index < -0.39 is 4.92 Å². The van der Waals surface area contributed by atoms with Crippen LogP contribution in [0.3, 0.4) is 0 Å². The Labute approximate surface area is 125 Å². The third-order valence-electron chi connectivity index (χ3n) is 3.33. The van der Waals surface area contributed by atoms with Crippen LogP contribution >= 0.6 is 0 Å². The van der Waals surface area contributed by atoms with Gasteiger partial charge < -0.3 is 10.6 Å². The van der Waals surface area contributed by atoms with E-state index in [0.717, 1.165) is 25.7 Å². The van der Waals surface area contributed by atoms with Crippen molar-refractivity contribution in [2.45, 2.75) is 39.5 Å². The van der Waals surface area contributed by atoms with E-state index in [0.29, 0.717) is 13.1 Å². The number of non-ortho nitro benzene ring substituents is 1. The van der Waals surface area contributed by atoms with Gasteiger partial charge >= 0.3 is 0 Å². The number of carbonyl (C=O) groups is 1. The Morgan fingerprint density at radius 1 is 1.24 bits per heavy atom. The fourth-order valence-electron chi connectivity index (χ4n) is 2.03. The molecule has 1 amide bonds. The third-order valence-corrected chi connectivity index (χ3v) is 3.33. The number of nitrogens with two attached hydrogens (primary N) is 1. The Balaban J connectivity index is 3.00. The van der Waals surface area contributed by atoms with Gasteiger partial charge in [0, 0.05) is 30.9 Å². The summed E-state index contributed by atoms with van der Waals surface area (Å²) in [5, 5.41) is 10.8. The molecule has 1 aromatic rings. The van der Waals surface area contributed by atoms with Crippen molar-refractivity contribution < 1.29 is 9.72 Å². The summed E-state index contributed by atoms with van der Waals surface area (Å²) in [7, 11) is 0. The summed E-state index contributed by atoms with van der Waals surface area (Å²) in [5.74, 6) is -0.224. The molecule has 1 aromatic carbocycles. The van der Waals surface area contributed by atoms with Crippen LogP contribution in [0.15, 0.2) is 18.2 Å². The van der Waals surface area contributed by atoms with Gasteiger partial charge in [0.05, 0.1) is 10.5 Å². The van der Waals surface area contributed by atoms with Crippen LogP contribution in [0, 0.1) is 10.1 Å². The number of anilines is 1. The predicted molar refractivity (Wildman–Crippen MR) is 83.2 cm³/mol. The van der Waals surface area contributed by atoms with Crippen LogP contribution in [0.2, 0.25) is 0 Å². The summed E-state index contributed by atoms with van der Waals surface area (Å²) in [5.41, 5.74) is 6.20. The number of nitrogens with zero attached hydrogens (tertiary/aromatic N) is 2. The average Bonchev–Trinajstić information content (AvgIpc) is 2.47. The third kappa shape index (κ3) is 4.73. The Morgan fingerprint density at radius 2 is 1.81 bits per heavy atom. The molecule has 0 aliphatic rings. The maximum atomic E-state index is 12.6. The molecule has 0 aliphatic heterocycles. The summed E-state index contributed by atoms with van der Waals surface area (Å²) in [6.07, 6.45) is 3.79. The lowest BCUT2D eigenvalue weighted by atomic mass is 10.1. The molecule has 0 spiro atoms. The number of carbonyl (C=O) groups excluding carboxylic acids is 1. The van der Waals surface area contributed by atoms with E-state index in [1.165, 1.54) is 18.2 Å². The van der Waals surface area contributed by atoms with Crippen molar-refractivity contribution in [1.82, 2.24) is 4.90 Å². The van der Waals surface area contributed by atoms with E-state index in [-0.39, 0.29) is 22.8 Å². The van der Waals surface area contributed by atoms with Gasteiger partial charge in [0.25, 0.3) is 11.6 Å². The van der Waals surface area contributed by atoms with Gasteiger partial charge in [-0.05, 0) is 18.9 Å². The highest BCUT2D eigenvalue weighted by atomic mass is 16.6. The van der Waals surface area contributed by atoms with Gasteiger partial charge in [-0.3, -0.25) is 14.9 Å². The largest absolute Gasteiger partial charge is 0.398 e. The van der Waals surface area contributed by atoms with Crippen molar-refractivity contribution in [3.63, 3.8) is 0 Å². The zero-order valence-electron chi connectivity index (χ0n) is 12.7. The number of nitrogen functional groups attached to an aromatic ring is 1. The monoisotopic (exact) mass is 293 g/mol. The van der Waals surface area contributed by atoms with Gasteiger partial charge in [0.2, 0.25) is 0 Å². The minimum Gasteiger partial charge on any atom is -0.398 e. The van der Waals surface area contributed by atoms with Crippen molar-refractivity contribution in [3.8, 4) is 0 Å². The molecular weight excluding hydrogens is 270 g/mol. The van der Waals surface area contributed by atoms with Crippen molar-refractivity contribution in [2.75, 3.05) is 18.8 Å². The molecule has 1 rings (SSSR count). The highest BCUT2D eigenvalue weighted by molar-refractivity contribution is 5.99. The Morgan fingerprint density at radius 3 is 2.29 bits per heavy atom. The lowest BCUT2D eigenvalue weighted by Crippen LogP contribution is -2.33. The van der Waals surface area contributed by atoms with Crippen molar-refractivity contribution in [3.05, 3.63) is 33.9 Å². The van der Waals surface area contributed by atoms with Crippen molar-refractivity contribution in [1.29, 1.82) is 0 Å². The molecule has 6 nitrogen and oxygen atoms in total. The van der Waals surface area contributed by atoms with Gasteiger partial charge in [-0.15, -0.1) is 0 Å². The molecule has 21 heavy (non-hydrogen) atoms. The lowest BCUT2D eigenvalue weighted by molar-refractivity contribution is -0.384. The van der Waals surface area contributed by atoms with E-state index in [1.807, 2.05) is 0 Å². The minimum atomic E-state index is -0.515. The number of nitro groups is 1. The number of nitro benzene ring substituents is 1. The predicted octanol–water partition coefficient (Wildman–Crippen LogP) is 3.22. The van der Waals surface area contributed by atoms with Crippen LogP contribution in [-0.2, 0) is 0 Å². The molecular formula is C15H23N3O3.